The van der Waals surface area contributed by atoms with Crippen LogP contribution < -0.4 is 26.8 Å². The van der Waals surface area contributed by atoms with E-state index in [1.165, 1.54) is 68.2 Å². The predicted molar refractivity (Wildman–Crippen MR) is 223 cm³/mol. The van der Waals surface area contributed by atoms with Crippen LogP contribution in [-0.2, 0) is 17.3 Å². The molecule has 2 heterocycles. The summed E-state index contributed by atoms with van der Waals surface area (Å²) in [5, 5.41) is 5.12. The Kier molecular flexibility index (Phi) is 9.16. The number of nitrogens with one attached hydrogen (secondary N) is 1. The Bertz CT molecular complexity index is 2180. The molecule has 7 rings (SSSR count). The van der Waals surface area contributed by atoms with E-state index in [9.17, 15) is 0 Å². The second-order valence-electron chi connectivity index (χ2n) is 16.1. The van der Waals surface area contributed by atoms with Gasteiger partial charge in [0, 0.05) is 28.6 Å². The van der Waals surface area contributed by atoms with Gasteiger partial charge in [-0.05, 0) is 139 Å². The molecule has 0 saturated heterocycles. The minimum atomic E-state index is -0.0941. The van der Waals surface area contributed by atoms with Gasteiger partial charge in [-0.25, -0.2) is 0 Å². The molecule has 0 unspecified atom stereocenters. The number of fused-ring (bicyclic) bond motifs is 5. The first-order valence-corrected chi connectivity index (χ1v) is 18.9. The zero-order valence-electron chi connectivity index (χ0n) is 31.9. The van der Waals surface area contributed by atoms with Crippen molar-refractivity contribution < 1.29 is 4.42 Å². The van der Waals surface area contributed by atoms with Crippen LogP contribution in [-0.4, -0.2) is 6.71 Å². The maximum absolute atomic E-state index is 7.19. The van der Waals surface area contributed by atoms with Crippen molar-refractivity contribution >= 4 is 63.1 Å². The summed E-state index contributed by atoms with van der Waals surface area (Å²) < 4.78 is 7.19. The first-order valence-electron chi connectivity index (χ1n) is 18.9. The molecular formula is C47H53BN2O. The maximum atomic E-state index is 7.19. The van der Waals surface area contributed by atoms with Crippen LogP contribution in [0.15, 0.2) is 102 Å². The number of hydrogen-bond acceptors (Lipinski definition) is 3. The number of furan rings is 1. The van der Waals surface area contributed by atoms with E-state index in [0.29, 0.717) is 0 Å². The lowest BCUT2D eigenvalue weighted by Gasteiger charge is -2.41. The van der Waals surface area contributed by atoms with E-state index in [1.54, 1.807) is 0 Å². The molecule has 1 aliphatic heterocycles. The van der Waals surface area contributed by atoms with E-state index in [4.69, 9.17) is 4.42 Å². The highest BCUT2D eigenvalue weighted by Gasteiger charge is 2.43. The maximum Gasteiger partial charge on any atom is 0.295 e. The minimum Gasteiger partial charge on any atom is -0.468 e. The quantitative estimate of drug-likeness (QED) is 0.0960. The second-order valence-corrected chi connectivity index (χ2v) is 16.1. The number of rotatable bonds is 9. The predicted octanol–water partition coefficient (Wildman–Crippen LogP) is 11.2. The molecule has 0 amide bonds. The normalized spacial score (nSPS) is 16.1. The van der Waals surface area contributed by atoms with Crippen molar-refractivity contribution in [1.82, 2.24) is 0 Å². The first kappa shape index (κ1) is 34.7. The van der Waals surface area contributed by atoms with E-state index in [0.717, 1.165) is 47.6 Å². The van der Waals surface area contributed by atoms with Gasteiger partial charge in [-0.3, -0.25) is 0 Å². The van der Waals surface area contributed by atoms with Crippen molar-refractivity contribution in [3.63, 3.8) is 0 Å². The van der Waals surface area contributed by atoms with Crippen LogP contribution in [0.25, 0.3) is 17.0 Å². The summed E-state index contributed by atoms with van der Waals surface area (Å²) in [6.07, 6.45) is 16.1. The molecule has 0 atom stereocenters. The number of unbranched alkanes of at least 4 members (excludes halogenated alkanes) is 1. The smallest absolute Gasteiger partial charge is 0.295 e. The Morgan fingerprint density at radius 3 is 2.27 bits per heavy atom. The van der Waals surface area contributed by atoms with E-state index in [-0.39, 0.29) is 17.5 Å². The van der Waals surface area contributed by atoms with Crippen molar-refractivity contribution in [1.29, 1.82) is 0 Å². The van der Waals surface area contributed by atoms with Crippen molar-refractivity contribution in [2.45, 2.75) is 98.3 Å². The number of aryl methyl sites for hydroxylation is 3. The molecule has 3 nitrogen and oxygen atoms in total. The molecule has 0 fully saturated rings. The first-order chi connectivity index (χ1) is 24.5. The van der Waals surface area contributed by atoms with Gasteiger partial charge in [-0.2, -0.15) is 0 Å². The summed E-state index contributed by atoms with van der Waals surface area (Å²) in [7, 11) is 0. The Balaban J connectivity index is 1.45. The molecule has 2 aliphatic rings. The van der Waals surface area contributed by atoms with Crippen LogP contribution in [0.2, 0.25) is 0 Å². The highest BCUT2D eigenvalue weighted by atomic mass is 16.3. The van der Waals surface area contributed by atoms with Gasteiger partial charge in [0.1, 0.15) is 5.58 Å². The molecule has 1 N–H and O–H groups in total. The fourth-order valence-electron chi connectivity index (χ4n) is 8.32. The summed E-state index contributed by atoms with van der Waals surface area (Å²) in [4.78, 5) is 2.39. The Morgan fingerprint density at radius 2 is 1.61 bits per heavy atom. The average molecular weight is 673 g/mol. The van der Waals surface area contributed by atoms with Crippen molar-refractivity contribution in [3.05, 3.63) is 131 Å². The van der Waals surface area contributed by atoms with E-state index in [1.807, 2.05) is 6.08 Å². The highest BCUT2D eigenvalue weighted by molar-refractivity contribution is 6.98. The van der Waals surface area contributed by atoms with Gasteiger partial charge in [-0.1, -0.05) is 94.7 Å². The Morgan fingerprint density at radius 1 is 0.882 bits per heavy atom. The van der Waals surface area contributed by atoms with E-state index >= 15 is 0 Å². The fraction of sp³-hybridized carbons (Fsp3) is 0.319. The van der Waals surface area contributed by atoms with Gasteiger partial charge in [-0.15, -0.1) is 6.58 Å². The standard InChI is InChI=1S/C47H53BN2O/c1-10-13-14-15-16-34-19-22-39(32(5)28-34)49-40-26-31(4)27-41-43(40)48(35-20-17-33(12-3)18-21-35)45-44(50(41)25-11-2)36-29-37-38(30-42(36)51-45)47(8,9)24-23-46(37,6)7/h10-11,15-22,25-30,49H,1,12-14,23-24H2,2-9H3/b16-15+,25-11+. The number of anilines is 4. The average Bonchev–Trinajstić information content (AvgIpc) is 3.48. The largest absolute Gasteiger partial charge is 0.468 e. The van der Waals surface area contributed by atoms with Gasteiger partial charge in [0.2, 0.25) is 0 Å². The zero-order chi connectivity index (χ0) is 36.1. The summed E-state index contributed by atoms with van der Waals surface area (Å²) in [5.74, 6) is 0. The molecule has 1 aliphatic carbocycles. The van der Waals surface area contributed by atoms with Gasteiger partial charge in [0.15, 0.2) is 0 Å². The molecule has 1 aromatic heterocycles. The molecule has 0 radical (unpaired) electrons. The molecule has 0 spiro atoms. The molecule has 0 saturated carbocycles. The topological polar surface area (TPSA) is 28.4 Å². The van der Waals surface area contributed by atoms with Crippen LogP contribution >= 0.6 is 0 Å². The van der Waals surface area contributed by atoms with E-state index in [2.05, 4.69) is 163 Å². The SMILES string of the molecule is C=CCC/C=C/c1ccc(Nc2cc(C)cc3c2B(c2ccc(CC)cc2)c2oc4cc5c(cc4c2N3/C=C/C)C(C)(C)CCC5(C)C)c(C)c1. The minimum absolute atomic E-state index is 0.0939. The molecular weight excluding hydrogens is 619 g/mol. The summed E-state index contributed by atoms with van der Waals surface area (Å²) in [6, 6.07) is 25.4. The summed E-state index contributed by atoms with van der Waals surface area (Å²) in [6.45, 7) is 22.1. The molecule has 0 bridgehead atoms. The van der Waals surface area contributed by atoms with Crippen LogP contribution in [0.1, 0.15) is 101 Å². The summed E-state index contributed by atoms with van der Waals surface area (Å²) in [5.41, 5.74) is 17.0. The van der Waals surface area contributed by atoms with Crippen molar-refractivity contribution in [3.8, 4) is 0 Å². The van der Waals surface area contributed by atoms with Gasteiger partial charge in [0.05, 0.1) is 11.3 Å². The molecule has 260 valence electrons. The monoisotopic (exact) mass is 672 g/mol. The Labute approximate surface area is 306 Å². The zero-order valence-corrected chi connectivity index (χ0v) is 31.9. The molecule has 4 heteroatoms. The van der Waals surface area contributed by atoms with E-state index < -0.39 is 0 Å². The van der Waals surface area contributed by atoms with Crippen LogP contribution in [0.3, 0.4) is 0 Å². The lowest BCUT2D eigenvalue weighted by Crippen LogP contribution is -2.57. The number of hydrogen-bond donors (Lipinski definition) is 1. The molecule has 5 aromatic rings. The third-order valence-corrected chi connectivity index (χ3v) is 11.4. The third kappa shape index (κ3) is 6.28. The van der Waals surface area contributed by atoms with Crippen molar-refractivity contribution in [2.24, 2.45) is 0 Å². The van der Waals surface area contributed by atoms with Crippen molar-refractivity contribution in [2.75, 3.05) is 10.2 Å². The van der Waals surface area contributed by atoms with Crippen LogP contribution in [0, 0.1) is 13.8 Å². The number of allylic oxidation sites excluding steroid dienone is 3. The number of nitrogens with zero attached hydrogens (tertiary/aromatic N) is 1. The van der Waals surface area contributed by atoms with Gasteiger partial charge >= 0.3 is 0 Å². The molecule has 51 heavy (non-hydrogen) atoms. The lowest BCUT2D eigenvalue weighted by molar-refractivity contribution is 0.332. The second kappa shape index (κ2) is 13.5. The van der Waals surface area contributed by atoms with Crippen LogP contribution in [0.4, 0.5) is 22.7 Å². The highest BCUT2D eigenvalue weighted by Crippen LogP contribution is 2.49. The van der Waals surface area contributed by atoms with Crippen LogP contribution in [0.5, 0.6) is 0 Å². The Hall–Kier alpha value is -4.70. The molecule has 4 aromatic carbocycles. The van der Waals surface area contributed by atoms with Gasteiger partial charge in [0.25, 0.3) is 6.71 Å². The number of benzene rings is 4. The fourth-order valence-corrected chi connectivity index (χ4v) is 8.32. The third-order valence-electron chi connectivity index (χ3n) is 11.4. The van der Waals surface area contributed by atoms with Gasteiger partial charge < -0.3 is 14.6 Å². The summed E-state index contributed by atoms with van der Waals surface area (Å²) >= 11 is 0. The lowest BCUT2D eigenvalue weighted by atomic mass is 9.37.